The van der Waals surface area contributed by atoms with Crippen LogP contribution in [0.5, 0.6) is 0 Å². The number of hydrogen-bond donors (Lipinski definition) is 0. The second-order valence-electron chi connectivity index (χ2n) is 3.81. The van der Waals surface area contributed by atoms with E-state index < -0.39 is 11.4 Å². The maximum atomic E-state index is 11.8. The molecule has 0 bridgehead atoms. The molecule has 0 atom stereocenters. The molecule has 92 valence electrons. The summed E-state index contributed by atoms with van der Waals surface area (Å²) >= 11 is 0. The monoisotopic (exact) mass is 229 g/mol. The number of ether oxygens (including phenoxy) is 2. The van der Waals surface area contributed by atoms with Crippen LogP contribution in [0.25, 0.3) is 0 Å². The number of carbonyl (C=O) groups is 2. The first kappa shape index (κ1) is 12.7. The largest absolute Gasteiger partial charge is 0.500 e. The third-order valence-corrected chi connectivity index (χ3v) is 2.33. The quantitative estimate of drug-likeness (QED) is 0.397. The number of carbonyl (C=O) groups excluding carboxylic acids is 2. The number of ketones is 1. The number of rotatable bonds is 6. The van der Waals surface area contributed by atoms with Gasteiger partial charge in [0.05, 0.1) is 26.6 Å². The Kier molecular flexibility index (Phi) is 5.02. The molecule has 4 heteroatoms. The summed E-state index contributed by atoms with van der Waals surface area (Å²) in [5.74, 6) is -0.438. The fraction of sp³-hybridized carbons (Fsp3) is 0.667. The van der Waals surface area contributed by atoms with Crippen LogP contribution in [0.4, 0.5) is 0 Å². The second kappa shape index (κ2) is 6.30. The Balaban J connectivity index is 5.07. The van der Waals surface area contributed by atoms with Gasteiger partial charge in [-0.3, -0.25) is 4.79 Å². The third-order valence-electron chi connectivity index (χ3n) is 2.33. The van der Waals surface area contributed by atoms with Gasteiger partial charge in [-0.25, -0.2) is 4.79 Å². The molecule has 0 aromatic heterocycles. The molecule has 0 aliphatic heterocycles. The molecule has 0 aromatic rings. The Morgan fingerprint density at radius 1 is 1.38 bits per heavy atom. The van der Waals surface area contributed by atoms with Crippen LogP contribution in [-0.4, -0.2) is 25.4 Å². The van der Waals surface area contributed by atoms with Gasteiger partial charge in [0.25, 0.3) is 0 Å². The highest BCUT2D eigenvalue weighted by atomic mass is 16.5. The van der Waals surface area contributed by atoms with Crippen LogP contribution in [0, 0.1) is 5.41 Å². The molecule has 0 saturated carbocycles. The Bertz CT molecular complexity index is 308. The molecule has 0 rings (SSSR count). The van der Waals surface area contributed by atoms with E-state index in [1.807, 2.05) is 0 Å². The molecule has 0 aliphatic carbocycles. The molecule has 0 fully saturated rings. The van der Waals surface area contributed by atoms with E-state index >= 15 is 0 Å². The van der Waals surface area contributed by atoms with Gasteiger partial charge in [-0.1, -0.05) is 6.92 Å². The zero-order chi connectivity index (χ0) is 13.5. The van der Waals surface area contributed by atoms with E-state index in [1.54, 1.807) is 27.7 Å². The van der Waals surface area contributed by atoms with E-state index in [0.717, 1.165) is 6.08 Å². The summed E-state index contributed by atoms with van der Waals surface area (Å²) in [6.07, 6.45) is 1.49. The fourth-order valence-electron chi connectivity index (χ4n) is 1.27. The predicted octanol–water partition coefficient (Wildman–Crippen LogP) is 2.09. The van der Waals surface area contributed by atoms with Crippen molar-refractivity contribution in [3.63, 3.8) is 0 Å². The minimum Gasteiger partial charge on any atom is -0.500 e. The maximum absolute atomic E-state index is 11.8. The molecular weight excluding hydrogens is 208 g/mol. The summed E-state index contributed by atoms with van der Waals surface area (Å²) in [5.41, 5.74) is -0.914. The van der Waals surface area contributed by atoms with E-state index in [2.05, 4.69) is 0 Å². The van der Waals surface area contributed by atoms with Crippen LogP contribution in [-0.2, 0) is 19.1 Å². The Labute approximate surface area is 98.0 Å². The van der Waals surface area contributed by atoms with E-state index in [9.17, 15) is 9.59 Å². The Hall–Kier alpha value is -1.32. The second-order valence-corrected chi connectivity index (χ2v) is 3.81. The highest BCUT2D eigenvalue weighted by molar-refractivity contribution is 5.89. The maximum Gasteiger partial charge on any atom is 0.334 e. The van der Waals surface area contributed by atoms with Gasteiger partial charge in [0.15, 0.2) is 0 Å². The predicted molar refractivity (Wildman–Crippen MR) is 60.8 cm³/mol. The highest BCUT2D eigenvalue weighted by Gasteiger charge is 2.32. The molecule has 0 amide bonds. The van der Waals surface area contributed by atoms with Crippen LogP contribution in [0.2, 0.25) is 0 Å². The topological polar surface area (TPSA) is 52.6 Å². The van der Waals surface area contributed by atoms with Gasteiger partial charge >= 0.3 is 5.97 Å². The lowest BCUT2D eigenvalue weighted by Gasteiger charge is -2.24. The van der Waals surface area contributed by atoms with Crippen molar-refractivity contribution in [2.24, 2.45) is 5.41 Å². The van der Waals surface area contributed by atoms with E-state index in [0.29, 0.717) is 6.42 Å². The van der Waals surface area contributed by atoms with Crippen molar-refractivity contribution < 1.29 is 20.4 Å². The summed E-state index contributed by atoms with van der Waals surface area (Å²) in [5, 5.41) is 0. The Morgan fingerprint density at radius 3 is 2.44 bits per heavy atom. The van der Waals surface area contributed by atoms with Crippen LogP contribution < -0.4 is 0 Å². The molecule has 0 spiro atoms. The average molecular weight is 229 g/mol. The minimum absolute atomic E-state index is 0.0542. The molecule has 0 aliphatic rings. The first-order valence-corrected chi connectivity index (χ1v) is 5.24. The number of Topliss-reactive ketones (excluding diaryl/α,β-unsaturated/α-hetero) is 1. The lowest BCUT2D eigenvalue weighted by Crippen LogP contribution is -2.27. The normalized spacial score (nSPS) is 13.0. The number of hydrogen-bond acceptors (Lipinski definition) is 4. The molecule has 0 aromatic carbocycles. The number of allylic oxidation sites excluding steroid dienone is 1. The number of esters is 1. The summed E-state index contributed by atoms with van der Waals surface area (Å²) in [6.45, 7) is 7.02. The van der Waals surface area contributed by atoms with Crippen LogP contribution in [0.15, 0.2) is 11.8 Å². The van der Waals surface area contributed by atoms with Gasteiger partial charge in [-0.15, -0.1) is 0 Å². The molecule has 0 heterocycles. The minimum atomic E-state index is -0.914. The first-order valence-electron chi connectivity index (χ1n) is 5.95. The first-order chi connectivity index (χ1) is 7.89. The van der Waals surface area contributed by atoms with Crippen molar-refractivity contribution >= 4 is 11.8 Å². The molecule has 4 nitrogen and oxygen atoms in total. The van der Waals surface area contributed by atoms with Crippen LogP contribution in [0.3, 0.4) is 0 Å². The molecule has 16 heavy (non-hydrogen) atoms. The van der Waals surface area contributed by atoms with Crippen molar-refractivity contribution in [1.29, 1.82) is 0 Å². The lowest BCUT2D eigenvalue weighted by atomic mass is 9.84. The summed E-state index contributed by atoms with van der Waals surface area (Å²) in [6, 6.07) is 0. The summed E-state index contributed by atoms with van der Waals surface area (Å²) < 4.78 is 16.8. The lowest BCUT2D eigenvalue weighted by molar-refractivity contribution is -0.137. The molecular formula is C12H20O4. The van der Waals surface area contributed by atoms with Gasteiger partial charge in [0, 0.05) is 6.42 Å². The van der Waals surface area contributed by atoms with Crippen LogP contribution in [0.1, 0.15) is 35.5 Å². The zero-order valence-corrected chi connectivity index (χ0v) is 10.3. The van der Waals surface area contributed by atoms with E-state index in [-0.39, 0.29) is 25.2 Å². The van der Waals surface area contributed by atoms with Crippen LogP contribution >= 0.6 is 0 Å². The van der Waals surface area contributed by atoms with Crippen molar-refractivity contribution in [2.75, 3.05) is 13.7 Å². The van der Waals surface area contributed by atoms with Crippen molar-refractivity contribution in [1.82, 2.24) is 0 Å². The van der Waals surface area contributed by atoms with E-state index in [1.165, 1.54) is 0 Å². The highest BCUT2D eigenvalue weighted by Crippen LogP contribution is 2.29. The standard InChI is InChI=1S/C12H20O4/c1-6-9(13)12(3,4)10(15-5)8-11(14)16-7-2/h8H,6-7H2,1-5H3/i5D. The fourth-order valence-corrected chi connectivity index (χ4v) is 1.27. The molecule has 0 radical (unpaired) electrons. The smallest absolute Gasteiger partial charge is 0.334 e. The molecule has 0 unspecified atom stereocenters. The van der Waals surface area contributed by atoms with Crippen molar-refractivity contribution in [2.45, 2.75) is 34.1 Å². The van der Waals surface area contributed by atoms with Gasteiger partial charge in [0.1, 0.15) is 11.5 Å². The van der Waals surface area contributed by atoms with Gasteiger partial charge in [-0.2, -0.15) is 0 Å². The van der Waals surface area contributed by atoms with Crippen molar-refractivity contribution in [3.05, 3.63) is 11.8 Å². The zero-order valence-electron chi connectivity index (χ0n) is 11.3. The van der Waals surface area contributed by atoms with Gasteiger partial charge in [-0.05, 0) is 20.8 Å². The van der Waals surface area contributed by atoms with Crippen molar-refractivity contribution in [3.8, 4) is 0 Å². The molecule has 0 N–H and O–H groups in total. The van der Waals surface area contributed by atoms with Gasteiger partial charge in [0.2, 0.25) is 0 Å². The average Bonchev–Trinajstić information content (AvgIpc) is 2.27. The third kappa shape index (κ3) is 3.68. The van der Waals surface area contributed by atoms with E-state index in [4.69, 9.17) is 10.8 Å². The number of methoxy groups -OCH3 is 1. The van der Waals surface area contributed by atoms with Gasteiger partial charge < -0.3 is 9.47 Å². The molecule has 0 saturated heterocycles. The summed E-state index contributed by atoms with van der Waals surface area (Å²) in [7, 11) is -0.342. The Morgan fingerprint density at radius 2 is 2.00 bits per heavy atom. The summed E-state index contributed by atoms with van der Waals surface area (Å²) in [4.78, 5) is 23.1. The SMILES string of the molecule is [2H]COC(=CC(=O)OCC)C(C)(C)C(=O)CC.